The molecule has 1 heterocycles. The highest BCUT2D eigenvalue weighted by Crippen LogP contribution is 2.53. The molecule has 218 valence electrons. The van der Waals surface area contributed by atoms with E-state index in [1.54, 1.807) is 17.9 Å². The standard InChI is InChI=1S/C31H33F3N2O5/c1-3-19-8-15-26-24(18-19)29(35(21-11-12-21)27(37)16-17-28(38)40-4-2)23-6-5-7-25(23)36(26)30(39)20-9-13-22(14-10-20)41-31(32,33)34/h3,8-10,13-15,18,21,23,25,29H,1,4-7,11-12,16-17H2,2H3. The summed E-state index contributed by atoms with van der Waals surface area (Å²) in [4.78, 5) is 43.4. The molecule has 3 atom stereocenters. The number of rotatable bonds is 9. The third-order valence-corrected chi connectivity index (χ3v) is 8.06. The van der Waals surface area contributed by atoms with Crippen molar-refractivity contribution in [1.29, 1.82) is 0 Å². The molecule has 41 heavy (non-hydrogen) atoms. The second-order valence-corrected chi connectivity index (χ2v) is 10.7. The molecule has 0 bridgehead atoms. The van der Waals surface area contributed by atoms with E-state index in [-0.39, 0.29) is 60.9 Å². The number of carbonyl (C=O) groups excluding carboxylic acids is 3. The lowest BCUT2D eigenvalue weighted by atomic mass is 9.80. The molecule has 0 aromatic heterocycles. The van der Waals surface area contributed by atoms with E-state index in [0.29, 0.717) is 5.69 Å². The molecule has 0 radical (unpaired) electrons. The van der Waals surface area contributed by atoms with E-state index in [1.807, 2.05) is 23.1 Å². The van der Waals surface area contributed by atoms with E-state index in [4.69, 9.17) is 4.74 Å². The Morgan fingerprint density at radius 2 is 1.78 bits per heavy atom. The summed E-state index contributed by atoms with van der Waals surface area (Å²) >= 11 is 0. The average Bonchev–Trinajstić information content (AvgIpc) is 3.66. The minimum Gasteiger partial charge on any atom is -0.466 e. The van der Waals surface area contributed by atoms with Crippen LogP contribution in [0.3, 0.4) is 0 Å². The van der Waals surface area contributed by atoms with Gasteiger partial charge in [-0.25, -0.2) is 0 Å². The van der Waals surface area contributed by atoms with Gasteiger partial charge >= 0.3 is 12.3 Å². The maximum atomic E-state index is 14.0. The zero-order valence-electron chi connectivity index (χ0n) is 22.9. The van der Waals surface area contributed by atoms with Crippen LogP contribution in [0.25, 0.3) is 6.08 Å². The van der Waals surface area contributed by atoms with Gasteiger partial charge in [-0.15, -0.1) is 13.2 Å². The lowest BCUT2D eigenvalue weighted by molar-refractivity contribution is -0.274. The van der Waals surface area contributed by atoms with E-state index in [0.717, 1.165) is 55.4 Å². The first kappa shape index (κ1) is 28.7. The summed E-state index contributed by atoms with van der Waals surface area (Å²) in [5.41, 5.74) is 2.61. The Morgan fingerprint density at radius 3 is 2.41 bits per heavy atom. The van der Waals surface area contributed by atoms with Gasteiger partial charge in [-0.2, -0.15) is 0 Å². The predicted octanol–water partition coefficient (Wildman–Crippen LogP) is 6.43. The van der Waals surface area contributed by atoms with Crippen LogP contribution in [0.2, 0.25) is 0 Å². The Morgan fingerprint density at radius 1 is 1.05 bits per heavy atom. The molecule has 2 saturated carbocycles. The van der Waals surface area contributed by atoms with Crippen LogP contribution in [0.15, 0.2) is 49.0 Å². The molecule has 3 unspecified atom stereocenters. The fourth-order valence-corrected chi connectivity index (χ4v) is 6.29. The van der Waals surface area contributed by atoms with Crippen molar-refractivity contribution < 1.29 is 37.0 Å². The summed E-state index contributed by atoms with van der Waals surface area (Å²) in [5, 5.41) is 0. The number of benzene rings is 2. The van der Waals surface area contributed by atoms with Crippen molar-refractivity contribution in [3.05, 3.63) is 65.7 Å². The largest absolute Gasteiger partial charge is 0.573 e. The summed E-state index contributed by atoms with van der Waals surface area (Å²) < 4.78 is 47.0. The van der Waals surface area contributed by atoms with Gasteiger partial charge in [-0.05, 0) is 80.1 Å². The summed E-state index contributed by atoms with van der Waals surface area (Å²) in [6.07, 6.45) is 1.12. The first-order chi connectivity index (χ1) is 19.6. The average molecular weight is 571 g/mol. The molecule has 5 rings (SSSR count). The van der Waals surface area contributed by atoms with Crippen LogP contribution in [0, 0.1) is 5.92 Å². The Hall–Kier alpha value is -3.82. The maximum Gasteiger partial charge on any atom is 0.573 e. The van der Waals surface area contributed by atoms with Crippen molar-refractivity contribution in [1.82, 2.24) is 4.90 Å². The zero-order chi connectivity index (χ0) is 29.3. The van der Waals surface area contributed by atoms with Crippen molar-refractivity contribution in [2.24, 2.45) is 5.92 Å². The third kappa shape index (κ3) is 6.11. The number of amides is 2. The smallest absolute Gasteiger partial charge is 0.466 e. The quantitative estimate of drug-likeness (QED) is 0.325. The molecule has 0 saturated heterocycles. The molecular formula is C31H33F3N2O5. The fourth-order valence-electron chi connectivity index (χ4n) is 6.29. The number of anilines is 1. The van der Waals surface area contributed by atoms with Crippen molar-refractivity contribution in [2.75, 3.05) is 11.5 Å². The molecule has 7 nitrogen and oxygen atoms in total. The van der Waals surface area contributed by atoms with E-state index < -0.39 is 18.1 Å². The molecule has 0 spiro atoms. The number of fused-ring (bicyclic) bond motifs is 2. The summed E-state index contributed by atoms with van der Waals surface area (Å²) in [7, 11) is 0. The predicted molar refractivity (Wildman–Crippen MR) is 146 cm³/mol. The number of nitrogens with zero attached hydrogens (tertiary/aromatic N) is 2. The second-order valence-electron chi connectivity index (χ2n) is 10.7. The molecular weight excluding hydrogens is 537 g/mol. The lowest BCUT2D eigenvalue weighted by Crippen LogP contribution is -2.53. The molecule has 10 heteroatoms. The fraction of sp³-hybridized carbons (Fsp3) is 0.452. The van der Waals surface area contributed by atoms with E-state index in [9.17, 15) is 27.6 Å². The second kappa shape index (κ2) is 11.6. The molecule has 2 fully saturated rings. The van der Waals surface area contributed by atoms with Crippen LogP contribution in [0.4, 0.5) is 18.9 Å². The molecule has 2 aromatic rings. The highest BCUT2D eigenvalue weighted by molar-refractivity contribution is 6.07. The number of hydrogen-bond donors (Lipinski definition) is 0. The SMILES string of the molecule is C=Cc1ccc2c(c1)C(N(C(=O)CCC(=O)OCC)C1CC1)C1CCCC1N2C(=O)c1ccc(OC(F)(F)F)cc1. The Labute approximate surface area is 236 Å². The number of hydrogen-bond acceptors (Lipinski definition) is 5. The molecule has 2 aliphatic carbocycles. The lowest BCUT2D eigenvalue weighted by Gasteiger charge is -2.48. The van der Waals surface area contributed by atoms with Crippen LogP contribution in [-0.2, 0) is 14.3 Å². The summed E-state index contributed by atoms with van der Waals surface area (Å²) in [6, 6.07) is 10.3. The van der Waals surface area contributed by atoms with Gasteiger partial charge in [0.2, 0.25) is 5.91 Å². The van der Waals surface area contributed by atoms with Gasteiger partial charge in [0.25, 0.3) is 5.91 Å². The van der Waals surface area contributed by atoms with Gasteiger partial charge in [0.15, 0.2) is 0 Å². The number of halogens is 3. The third-order valence-electron chi connectivity index (χ3n) is 8.06. The van der Waals surface area contributed by atoms with Crippen LogP contribution < -0.4 is 9.64 Å². The van der Waals surface area contributed by atoms with Gasteiger partial charge in [0, 0.05) is 35.7 Å². The van der Waals surface area contributed by atoms with Crippen molar-refractivity contribution in [2.45, 2.75) is 76.4 Å². The molecule has 2 aromatic carbocycles. The number of esters is 1. The number of alkyl halides is 3. The minimum absolute atomic E-state index is 0.00885. The molecule has 0 N–H and O–H groups in total. The normalized spacial score (nSPS) is 21.5. The first-order valence-corrected chi connectivity index (χ1v) is 14.0. The van der Waals surface area contributed by atoms with Crippen LogP contribution >= 0.6 is 0 Å². The van der Waals surface area contributed by atoms with Gasteiger partial charge in [0.1, 0.15) is 5.75 Å². The first-order valence-electron chi connectivity index (χ1n) is 14.0. The van der Waals surface area contributed by atoms with Crippen molar-refractivity contribution >= 4 is 29.5 Å². The maximum absolute atomic E-state index is 14.0. The zero-order valence-corrected chi connectivity index (χ0v) is 22.9. The van der Waals surface area contributed by atoms with E-state index in [2.05, 4.69) is 11.3 Å². The summed E-state index contributed by atoms with van der Waals surface area (Å²) in [5.74, 6) is -1.27. The molecule has 3 aliphatic rings. The van der Waals surface area contributed by atoms with E-state index in [1.165, 1.54) is 12.1 Å². The minimum atomic E-state index is -4.83. The van der Waals surface area contributed by atoms with Crippen LogP contribution in [-0.4, -0.2) is 47.7 Å². The highest BCUT2D eigenvalue weighted by Gasteiger charge is 2.51. The van der Waals surface area contributed by atoms with Gasteiger partial charge in [-0.3, -0.25) is 14.4 Å². The van der Waals surface area contributed by atoms with Gasteiger partial charge < -0.3 is 19.3 Å². The van der Waals surface area contributed by atoms with Crippen LogP contribution in [0.5, 0.6) is 5.75 Å². The monoisotopic (exact) mass is 570 g/mol. The molecule has 2 amide bonds. The Bertz CT molecular complexity index is 1320. The van der Waals surface area contributed by atoms with Gasteiger partial charge in [0.05, 0.1) is 19.1 Å². The summed E-state index contributed by atoms with van der Waals surface area (Å²) in [6.45, 7) is 5.88. The van der Waals surface area contributed by atoms with E-state index >= 15 is 0 Å². The molecule has 1 aliphatic heterocycles. The Kier molecular flexibility index (Phi) is 8.11. The van der Waals surface area contributed by atoms with Gasteiger partial charge in [-0.1, -0.05) is 25.1 Å². The van der Waals surface area contributed by atoms with Crippen LogP contribution in [0.1, 0.15) is 79.4 Å². The van der Waals surface area contributed by atoms with Crippen molar-refractivity contribution in [3.63, 3.8) is 0 Å². The number of ether oxygens (including phenoxy) is 2. The number of carbonyl (C=O) groups is 3. The Balaban J connectivity index is 1.51. The topological polar surface area (TPSA) is 76.2 Å². The highest BCUT2D eigenvalue weighted by atomic mass is 19.4. The van der Waals surface area contributed by atoms with Crippen molar-refractivity contribution in [3.8, 4) is 5.75 Å².